The van der Waals surface area contributed by atoms with E-state index in [4.69, 9.17) is 9.47 Å². The second-order valence-corrected chi connectivity index (χ2v) is 5.56. The fraction of sp³-hybridized carbons (Fsp3) is 0.176. The van der Waals surface area contributed by atoms with Crippen LogP contribution >= 0.6 is 11.8 Å². The molecule has 118 valence electrons. The summed E-state index contributed by atoms with van der Waals surface area (Å²) >= 11 is 1.48. The molecule has 0 amide bonds. The Morgan fingerprint density at radius 1 is 1.22 bits per heavy atom. The van der Waals surface area contributed by atoms with Gasteiger partial charge in [-0.25, -0.2) is 9.78 Å². The highest BCUT2D eigenvalue weighted by molar-refractivity contribution is 7.98. The van der Waals surface area contributed by atoms with E-state index in [2.05, 4.69) is 4.98 Å². The van der Waals surface area contributed by atoms with E-state index in [1.165, 1.54) is 11.8 Å². The van der Waals surface area contributed by atoms with Crippen LogP contribution in [0.5, 0.6) is 5.75 Å². The summed E-state index contributed by atoms with van der Waals surface area (Å²) in [6.07, 6.45) is 3.80. The molecular weight excluding hydrogens is 312 g/mol. The maximum absolute atomic E-state index is 12.4. The molecule has 0 saturated heterocycles. The minimum atomic E-state index is -0.445. The number of fused-ring (bicyclic) bond motifs is 1. The van der Waals surface area contributed by atoms with Crippen LogP contribution in [-0.2, 0) is 11.3 Å². The van der Waals surface area contributed by atoms with Crippen LogP contribution in [0, 0.1) is 0 Å². The third-order valence-corrected chi connectivity index (χ3v) is 4.10. The molecule has 23 heavy (non-hydrogen) atoms. The molecule has 0 N–H and O–H groups in total. The van der Waals surface area contributed by atoms with Crippen LogP contribution in [0.1, 0.15) is 16.1 Å². The average molecular weight is 328 g/mol. The molecule has 0 saturated carbocycles. The van der Waals surface area contributed by atoms with E-state index in [0.717, 1.165) is 16.2 Å². The van der Waals surface area contributed by atoms with Crippen LogP contribution in [0.3, 0.4) is 0 Å². The number of methoxy groups -OCH3 is 1. The number of carbonyl (C=O) groups excluding carboxylic acids is 1. The minimum Gasteiger partial charge on any atom is -0.496 e. The smallest absolute Gasteiger partial charge is 0.359 e. The number of nitrogens with zero attached hydrogens (tertiary/aromatic N) is 2. The summed E-state index contributed by atoms with van der Waals surface area (Å²) in [4.78, 5) is 16.8. The molecule has 0 unspecified atom stereocenters. The van der Waals surface area contributed by atoms with Crippen molar-refractivity contribution in [3.05, 3.63) is 59.9 Å². The Bertz CT molecular complexity index is 845. The van der Waals surface area contributed by atoms with E-state index in [-0.39, 0.29) is 6.61 Å². The molecule has 0 aliphatic rings. The predicted octanol–water partition coefficient (Wildman–Crippen LogP) is 3.42. The molecule has 0 bridgehead atoms. The highest BCUT2D eigenvalue weighted by Crippen LogP contribution is 2.22. The number of thioether (sulfide) groups is 1. The second-order valence-electron chi connectivity index (χ2n) is 4.79. The highest BCUT2D eigenvalue weighted by atomic mass is 32.2. The summed E-state index contributed by atoms with van der Waals surface area (Å²) in [5.74, 6) is 0.250. The Morgan fingerprint density at radius 2 is 2.00 bits per heavy atom. The number of carbonyl (C=O) groups is 1. The zero-order valence-electron chi connectivity index (χ0n) is 12.9. The molecular formula is C17H16N2O3S. The van der Waals surface area contributed by atoms with Crippen molar-refractivity contribution in [2.24, 2.45) is 0 Å². The molecule has 6 heteroatoms. The van der Waals surface area contributed by atoms with Gasteiger partial charge in [-0.05, 0) is 24.5 Å². The van der Waals surface area contributed by atoms with Gasteiger partial charge in [-0.2, -0.15) is 0 Å². The monoisotopic (exact) mass is 328 g/mol. The van der Waals surface area contributed by atoms with Gasteiger partial charge in [0.1, 0.15) is 12.4 Å². The lowest BCUT2D eigenvalue weighted by atomic mass is 10.2. The number of esters is 1. The van der Waals surface area contributed by atoms with Crippen LogP contribution in [0.15, 0.2) is 53.8 Å². The number of para-hydroxylation sites is 1. The van der Waals surface area contributed by atoms with Gasteiger partial charge in [0.25, 0.3) is 0 Å². The fourth-order valence-corrected chi connectivity index (χ4v) is 2.88. The predicted molar refractivity (Wildman–Crippen MR) is 89.1 cm³/mol. The van der Waals surface area contributed by atoms with Gasteiger partial charge < -0.3 is 9.47 Å². The van der Waals surface area contributed by atoms with Gasteiger partial charge in [0.2, 0.25) is 0 Å². The number of aromatic nitrogens is 2. The molecule has 0 spiro atoms. The molecule has 3 aromatic rings. The Labute approximate surface area is 138 Å². The van der Waals surface area contributed by atoms with Crippen molar-refractivity contribution >= 4 is 23.2 Å². The first-order valence-electron chi connectivity index (χ1n) is 7.04. The summed E-state index contributed by atoms with van der Waals surface area (Å²) < 4.78 is 12.6. The number of rotatable bonds is 5. The van der Waals surface area contributed by atoms with Gasteiger partial charge in [0, 0.05) is 11.8 Å². The molecule has 2 aromatic heterocycles. The lowest BCUT2D eigenvalue weighted by molar-refractivity contribution is 0.0466. The number of hydrogen-bond acceptors (Lipinski definition) is 5. The van der Waals surface area contributed by atoms with E-state index >= 15 is 0 Å². The molecule has 0 aliphatic carbocycles. The van der Waals surface area contributed by atoms with Crippen molar-refractivity contribution in [2.75, 3.05) is 13.4 Å². The van der Waals surface area contributed by atoms with Crippen molar-refractivity contribution in [2.45, 2.75) is 11.8 Å². The maximum Gasteiger partial charge on any atom is 0.359 e. The normalized spacial score (nSPS) is 10.7. The first-order valence-corrected chi connectivity index (χ1v) is 8.27. The van der Waals surface area contributed by atoms with Crippen LogP contribution in [0.4, 0.5) is 0 Å². The van der Waals surface area contributed by atoms with Crippen molar-refractivity contribution in [1.29, 1.82) is 0 Å². The Morgan fingerprint density at radius 3 is 2.78 bits per heavy atom. The molecule has 0 radical (unpaired) electrons. The van der Waals surface area contributed by atoms with E-state index in [1.807, 2.05) is 59.3 Å². The molecule has 5 nitrogen and oxygen atoms in total. The summed E-state index contributed by atoms with van der Waals surface area (Å²) in [5, 5.41) is 0.754. The topological polar surface area (TPSA) is 52.8 Å². The van der Waals surface area contributed by atoms with Gasteiger partial charge in [-0.15, -0.1) is 0 Å². The van der Waals surface area contributed by atoms with Crippen molar-refractivity contribution < 1.29 is 14.3 Å². The third kappa shape index (κ3) is 3.03. The number of pyridine rings is 1. The standard InChI is InChI=1S/C17H16N2O3S/c1-21-14-9-4-3-7-12(14)11-22-16(20)15-13-8-5-6-10-19(13)17(18-15)23-2/h3-10H,11H2,1-2H3. The van der Waals surface area contributed by atoms with Crippen molar-refractivity contribution in [3.8, 4) is 5.75 Å². The molecule has 1 aromatic carbocycles. The zero-order valence-corrected chi connectivity index (χ0v) is 13.7. The molecule has 2 heterocycles. The maximum atomic E-state index is 12.4. The Kier molecular flexibility index (Phi) is 4.52. The van der Waals surface area contributed by atoms with E-state index in [9.17, 15) is 4.79 Å². The molecule has 0 fully saturated rings. The lowest BCUT2D eigenvalue weighted by Gasteiger charge is -2.08. The van der Waals surface area contributed by atoms with Gasteiger partial charge in [-0.3, -0.25) is 4.40 Å². The number of benzene rings is 1. The van der Waals surface area contributed by atoms with Crippen LogP contribution < -0.4 is 4.74 Å². The SMILES string of the molecule is COc1ccccc1COC(=O)c1nc(SC)n2ccccc12. The van der Waals surface area contributed by atoms with Gasteiger partial charge in [-0.1, -0.05) is 36.0 Å². The molecule has 0 aliphatic heterocycles. The summed E-state index contributed by atoms with van der Waals surface area (Å²) in [6.45, 7) is 0.142. The second kappa shape index (κ2) is 6.75. The average Bonchev–Trinajstić information content (AvgIpc) is 2.99. The van der Waals surface area contributed by atoms with Gasteiger partial charge >= 0.3 is 5.97 Å². The number of hydrogen-bond donors (Lipinski definition) is 0. The highest BCUT2D eigenvalue weighted by Gasteiger charge is 2.18. The first kappa shape index (κ1) is 15.4. The van der Waals surface area contributed by atoms with Crippen molar-refractivity contribution in [3.63, 3.8) is 0 Å². The Balaban J connectivity index is 1.84. The van der Waals surface area contributed by atoms with Gasteiger partial charge in [0.15, 0.2) is 10.9 Å². The van der Waals surface area contributed by atoms with Crippen LogP contribution in [0.25, 0.3) is 5.52 Å². The molecule has 3 rings (SSSR count). The summed E-state index contributed by atoms with van der Waals surface area (Å²) in [5.41, 5.74) is 1.88. The lowest BCUT2D eigenvalue weighted by Crippen LogP contribution is -2.07. The van der Waals surface area contributed by atoms with Gasteiger partial charge in [0.05, 0.1) is 12.6 Å². The minimum absolute atomic E-state index is 0.142. The number of ether oxygens (including phenoxy) is 2. The van der Waals surface area contributed by atoms with Crippen LogP contribution in [0.2, 0.25) is 0 Å². The molecule has 0 atom stereocenters. The fourth-order valence-electron chi connectivity index (χ4n) is 2.34. The van der Waals surface area contributed by atoms with E-state index in [1.54, 1.807) is 7.11 Å². The largest absolute Gasteiger partial charge is 0.496 e. The third-order valence-electron chi connectivity index (χ3n) is 3.44. The quantitative estimate of drug-likeness (QED) is 0.530. The summed E-state index contributed by atoms with van der Waals surface area (Å²) in [6, 6.07) is 13.1. The zero-order chi connectivity index (χ0) is 16.2. The van der Waals surface area contributed by atoms with E-state index in [0.29, 0.717) is 11.4 Å². The van der Waals surface area contributed by atoms with Crippen LogP contribution in [-0.4, -0.2) is 28.7 Å². The first-order chi connectivity index (χ1) is 11.2. The van der Waals surface area contributed by atoms with E-state index < -0.39 is 5.97 Å². The number of imidazole rings is 1. The van der Waals surface area contributed by atoms with Crippen molar-refractivity contribution in [1.82, 2.24) is 9.38 Å². The summed E-state index contributed by atoms with van der Waals surface area (Å²) in [7, 11) is 1.59. The Hall–Kier alpha value is -2.47.